The molecule has 1 aromatic carbocycles. The van der Waals surface area contributed by atoms with Crippen molar-refractivity contribution in [1.29, 1.82) is 0 Å². The molecule has 0 saturated carbocycles. The summed E-state index contributed by atoms with van der Waals surface area (Å²) in [6.45, 7) is -5.23. The maximum atomic E-state index is 15.2. The number of aliphatic hydroxyl groups excluding tert-OH is 20. The molecule has 24 atom stereocenters. The van der Waals surface area contributed by atoms with Gasteiger partial charge in [0.25, 0.3) is 11.5 Å². The number of nitrogens with two attached hydrogens (primary N) is 1. The van der Waals surface area contributed by atoms with Crippen LogP contribution in [-0.4, -0.2) is 398 Å². The number of nitrogens with zero attached hydrogens (tertiary/aromatic N) is 3. The second-order valence-corrected chi connectivity index (χ2v) is 32.6. The summed E-state index contributed by atoms with van der Waals surface area (Å²) in [5.74, 6) is -28.0. The van der Waals surface area contributed by atoms with Crippen LogP contribution in [0.3, 0.4) is 0 Å². The van der Waals surface area contributed by atoms with E-state index in [0.29, 0.717) is 5.69 Å². The van der Waals surface area contributed by atoms with E-state index < -0.39 is 426 Å². The fourth-order valence-electron chi connectivity index (χ4n) is 13.4. The van der Waals surface area contributed by atoms with Gasteiger partial charge in [0.1, 0.15) is 96.6 Å². The fraction of sp³-hybridized carbons (Fsp3) is 0.659. The van der Waals surface area contributed by atoms with Crippen LogP contribution in [-0.2, 0) is 78.5 Å². The standard InChI is InChI=1S/C82H124N12O41/c1-36(80(132)133)24-52(104)46(14-9-43(99)12-18-50(102)66(119)70(123)57(109)32-95)89-78(130)40(6-22-63(115)116)27-53(105)47(15-10-44(100)13-19-51(103)67(120)71(124)58(110)33-96)90-77(129)39(5-21-62(114)86-31-56(108)69(122)73(126)60(112)35-98)26-54(106)48(17-23-64(117)118)91-76(128)38(4-20-61(113)85-30-55(107)68(121)72(125)59(111)34-97)25-45(101)11-16-49(81(134)135)92-75(127)37-2-7-41(8-3-37)84-28-42-29-87-74-65(88-42)79(131)94-82(83)93-74/h2-3,7-8,29,36,38-40,46-51,55-60,66-73,84,95-98,102-103,107-112,119-126H,4-6,9-28,30-35H2,1H3,(H,85,113)(H,86,114)(H,89,130)(H,90,129)(H,91,128)(H,92,127)(H,115,116)(H,117,118)(H,132,133)(H,134,135)(H3,83,87,93,94,131)/t36-,38-,39-,40-,46+,47+,48+,49+,50+,51+,55+,56+,57-,58-,59-,60-,66-,67-,68-,69-,70-,71-,72-,73-/m1/s1. The number of carboxylic acid groups (broad SMARTS) is 4. The smallest absolute Gasteiger partial charge is 0.326 e. The number of carbonyl (C=O) groups excluding carboxylic acids is 12. The molecule has 0 aliphatic heterocycles. The number of aromatic nitrogens is 4. The van der Waals surface area contributed by atoms with Gasteiger partial charge in [-0.3, -0.25) is 81.7 Å². The average Bonchev–Trinajstić information content (AvgIpc) is 0.807. The van der Waals surface area contributed by atoms with E-state index in [1.54, 1.807) is 0 Å². The lowest BCUT2D eigenvalue weighted by atomic mass is 9.88. The Morgan fingerprint density at radius 2 is 0.733 bits per heavy atom. The van der Waals surface area contributed by atoms with Gasteiger partial charge in [0, 0.05) is 126 Å². The molecule has 0 aliphatic rings. The van der Waals surface area contributed by atoms with Crippen molar-refractivity contribution >= 4 is 117 Å². The number of carbonyl (C=O) groups is 16. The molecule has 0 fully saturated rings. The molecular formula is C82H124N12O41. The predicted octanol–water partition coefficient (Wildman–Crippen LogP) is -11.7. The number of amides is 6. The Labute approximate surface area is 768 Å². The minimum Gasteiger partial charge on any atom is -0.481 e. The zero-order valence-corrected chi connectivity index (χ0v) is 73.3. The van der Waals surface area contributed by atoms with Crippen LogP contribution in [0.4, 0.5) is 11.6 Å². The Kier molecular flexibility index (Phi) is 52.3. The second-order valence-electron chi connectivity index (χ2n) is 32.6. The number of aliphatic carboxylic acids is 4. The number of rotatable bonds is 71. The molecule has 6 amide bonds. The minimum absolute atomic E-state index is 0.0121. The van der Waals surface area contributed by atoms with E-state index in [4.69, 9.17) is 10.8 Å². The number of nitrogen functional groups attached to an aromatic ring is 1. The molecule has 53 nitrogen and oxygen atoms in total. The van der Waals surface area contributed by atoms with Crippen molar-refractivity contribution in [2.75, 3.05) is 50.6 Å². The Morgan fingerprint density at radius 3 is 1.13 bits per heavy atom. The Bertz CT molecular complexity index is 4470. The number of hydrogen-bond acceptors (Lipinski definition) is 42. The minimum atomic E-state index is -2.28. The molecule has 0 bridgehead atoms. The molecule has 758 valence electrons. The van der Waals surface area contributed by atoms with Crippen molar-refractivity contribution in [3.05, 3.63) is 52.1 Å². The van der Waals surface area contributed by atoms with E-state index in [2.05, 4.69) is 57.2 Å². The normalized spacial score (nSPS) is 17.0. The van der Waals surface area contributed by atoms with E-state index in [1.165, 1.54) is 30.5 Å². The van der Waals surface area contributed by atoms with Gasteiger partial charge in [-0.25, -0.2) is 14.8 Å². The van der Waals surface area contributed by atoms with Crippen molar-refractivity contribution in [2.24, 2.45) is 23.7 Å². The summed E-state index contributed by atoms with van der Waals surface area (Å²) in [5, 5.41) is 257. The lowest BCUT2D eigenvalue weighted by molar-refractivity contribution is -0.143. The van der Waals surface area contributed by atoms with Gasteiger partial charge in [-0.15, -0.1) is 0 Å². The molecule has 53 heteroatoms. The molecular weight excluding hydrogens is 1810 g/mol. The van der Waals surface area contributed by atoms with E-state index in [0.717, 1.165) is 6.92 Å². The first-order valence-corrected chi connectivity index (χ1v) is 42.8. The SMILES string of the molecule is C[C@H](CC(=O)[C@H](CCC(=O)CC[C@H](O)[C@@H](O)[C@H](O)[C@H](O)CO)NC(=O)[C@H](CCC(=O)O)CC(=O)[C@H](CCC(=O)CC[C@H](O)[C@@H](O)[C@H](O)[C@H](O)CO)NC(=O)[C@H](CCC(=O)NC[C@H](O)[C@@H](O)[C@H](O)[C@H](O)CO)CC(=O)[C@H](CCC(=O)O)NC(=O)[C@H](CCC(=O)NC[C@H](O)[C@@H](O)[C@H](O)[C@H](O)CO)CC(=O)CC[C@H](NC(=O)c1ccc(NCc2cnc3nc(N)[nH]c(=O)c3n2)cc1)C(=O)O)C(=O)O. The highest BCUT2D eigenvalue weighted by Gasteiger charge is 2.40. The van der Waals surface area contributed by atoms with Crippen LogP contribution in [0, 0.1) is 23.7 Å². The number of ketones is 6. The molecule has 3 rings (SSSR count). The Balaban J connectivity index is 2.21. The second kappa shape index (κ2) is 59.7. The van der Waals surface area contributed by atoms with Crippen LogP contribution < -0.4 is 48.5 Å². The van der Waals surface area contributed by atoms with E-state index in [-0.39, 0.29) is 34.9 Å². The highest BCUT2D eigenvalue weighted by Crippen LogP contribution is 2.25. The number of benzene rings is 1. The van der Waals surface area contributed by atoms with Gasteiger partial charge in [0.05, 0.1) is 93.3 Å². The largest absolute Gasteiger partial charge is 0.481 e. The molecule has 0 aliphatic carbocycles. The maximum absolute atomic E-state index is 15.2. The third kappa shape index (κ3) is 41.6. The monoisotopic (exact) mass is 1930 g/mol. The number of carboxylic acids is 4. The van der Waals surface area contributed by atoms with Gasteiger partial charge < -0.3 is 166 Å². The molecule has 34 N–H and O–H groups in total. The molecule has 135 heavy (non-hydrogen) atoms. The van der Waals surface area contributed by atoms with Gasteiger partial charge in [0.2, 0.25) is 35.5 Å². The summed E-state index contributed by atoms with van der Waals surface area (Å²) in [6.07, 6.45) is -51.3. The van der Waals surface area contributed by atoms with Crippen molar-refractivity contribution in [3.63, 3.8) is 0 Å². The third-order valence-electron chi connectivity index (χ3n) is 21.9. The van der Waals surface area contributed by atoms with Crippen LogP contribution in [0.15, 0.2) is 35.3 Å². The molecule has 2 aromatic heterocycles. The van der Waals surface area contributed by atoms with Gasteiger partial charge in [0.15, 0.2) is 28.5 Å². The quantitative estimate of drug-likeness (QED) is 0.0249. The van der Waals surface area contributed by atoms with Crippen LogP contribution in [0.25, 0.3) is 11.2 Å². The van der Waals surface area contributed by atoms with E-state index in [9.17, 15) is 185 Å². The number of aromatic amines is 1. The predicted molar refractivity (Wildman–Crippen MR) is 455 cm³/mol. The zero-order chi connectivity index (χ0) is 102. The van der Waals surface area contributed by atoms with Gasteiger partial charge in [-0.1, -0.05) is 6.92 Å². The topological polar surface area (TPSA) is 940 Å². The number of Topliss-reactive ketones (excluding diaryl/α,β-unsaturated/α-hetero) is 6. The van der Waals surface area contributed by atoms with E-state index >= 15 is 14.4 Å². The Morgan fingerprint density at radius 1 is 0.385 bits per heavy atom. The molecule has 0 saturated heterocycles. The van der Waals surface area contributed by atoms with Gasteiger partial charge in [-0.2, -0.15) is 4.98 Å². The highest BCUT2D eigenvalue weighted by atomic mass is 16.4. The first-order valence-electron chi connectivity index (χ1n) is 42.8. The summed E-state index contributed by atoms with van der Waals surface area (Å²) in [7, 11) is 0. The number of hydrogen-bond donors (Lipinski definition) is 33. The fourth-order valence-corrected chi connectivity index (χ4v) is 13.4. The number of anilines is 2. The lowest BCUT2D eigenvalue weighted by Crippen LogP contribution is -2.50. The number of aliphatic hydroxyl groups is 20. The van der Waals surface area contributed by atoms with Crippen molar-refractivity contribution in [3.8, 4) is 0 Å². The number of H-pyrrole nitrogens is 1. The third-order valence-corrected chi connectivity index (χ3v) is 21.9. The Hall–Kier alpha value is -11.0. The molecule has 3 aromatic rings. The molecule has 0 spiro atoms. The maximum Gasteiger partial charge on any atom is 0.326 e. The van der Waals surface area contributed by atoms with E-state index in [1.807, 2.05) is 0 Å². The average molecular weight is 1930 g/mol. The van der Waals surface area contributed by atoms with Crippen molar-refractivity contribution < 1.29 is 199 Å². The molecule has 0 radical (unpaired) electrons. The number of fused-ring (bicyclic) bond motifs is 1. The summed E-state index contributed by atoms with van der Waals surface area (Å²) < 4.78 is 0. The lowest BCUT2D eigenvalue weighted by Gasteiger charge is -2.27. The first-order chi connectivity index (χ1) is 63.4. The zero-order valence-electron chi connectivity index (χ0n) is 73.3. The summed E-state index contributed by atoms with van der Waals surface area (Å²) in [6, 6.07) is -2.63. The van der Waals surface area contributed by atoms with Crippen LogP contribution in [0.2, 0.25) is 0 Å². The summed E-state index contributed by atoms with van der Waals surface area (Å²) >= 11 is 0. The van der Waals surface area contributed by atoms with Gasteiger partial charge in [-0.05, 0) is 82.1 Å². The van der Waals surface area contributed by atoms with Crippen LogP contribution in [0.1, 0.15) is 164 Å². The summed E-state index contributed by atoms with van der Waals surface area (Å²) in [4.78, 5) is 246. The van der Waals surface area contributed by atoms with Crippen molar-refractivity contribution in [2.45, 2.75) is 277 Å². The highest BCUT2D eigenvalue weighted by molar-refractivity contribution is 5.99. The first kappa shape index (κ1) is 118. The van der Waals surface area contributed by atoms with Crippen LogP contribution in [0.5, 0.6) is 0 Å². The molecule has 0 unspecified atom stereocenters. The number of nitrogens with one attached hydrogen (secondary N) is 8. The summed E-state index contributed by atoms with van der Waals surface area (Å²) in [5.41, 5.74) is 5.31. The van der Waals surface area contributed by atoms with Crippen molar-refractivity contribution in [1.82, 2.24) is 51.8 Å². The van der Waals surface area contributed by atoms with Crippen LogP contribution >= 0.6 is 0 Å². The van der Waals surface area contributed by atoms with Gasteiger partial charge >= 0.3 is 23.9 Å². The molecule has 2 heterocycles.